The van der Waals surface area contributed by atoms with E-state index < -0.39 is 0 Å². The normalized spacial score (nSPS) is 21.1. The first-order valence-corrected chi connectivity index (χ1v) is 13.4. The van der Waals surface area contributed by atoms with E-state index in [0.717, 1.165) is 37.7 Å². The summed E-state index contributed by atoms with van der Waals surface area (Å²) in [6.45, 7) is 11.8. The first-order valence-electron chi connectivity index (χ1n) is 12.1. The molecule has 2 atom stereocenters. The fraction of sp³-hybridized carbons (Fsp3) is 0.538. The van der Waals surface area contributed by atoms with Crippen LogP contribution in [-0.2, 0) is 9.59 Å². The van der Waals surface area contributed by atoms with Gasteiger partial charge in [-0.25, -0.2) is 0 Å². The van der Waals surface area contributed by atoms with E-state index in [9.17, 15) is 9.59 Å². The van der Waals surface area contributed by atoms with E-state index in [2.05, 4.69) is 57.5 Å². The number of halogens is 1. The molecule has 2 fully saturated rings. The molecule has 0 saturated carbocycles. The third-order valence-corrected chi connectivity index (χ3v) is 8.08. The van der Waals surface area contributed by atoms with Gasteiger partial charge in [-0.15, -0.1) is 0 Å². The minimum absolute atomic E-state index is 0.114. The zero-order chi connectivity index (χ0) is 24.2. The van der Waals surface area contributed by atoms with Crippen LogP contribution in [0.1, 0.15) is 37.9 Å². The van der Waals surface area contributed by atoms with Crippen molar-refractivity contribution in [2.45, 2.75) is 32.9 Å². The molecule has 6 nitrogen and oxygen atoms in total. The van der Waals surface area contributed by atoms with Crippen molar-refractivity contribution in [3.63, 3.8) is 0 Å². The van der Waals surface area contributed by atoms with Gasteiger partial charge in [-0.05, 0) is 46.0 Å². The highest BCUT2D eigenvalue weighted by Crippen LogP contribution is 2.33. The van der Waals surface area contributed by atoms with Crippen LogP contribution in [0, 0.1) is 5.92 Å². The Balaban J connectivity index is 1.46. The molecular formula is C26H35ClN4O2S. The molecular weight excluding hydrogens is 468 g/mol. The molecule has 1 aromatic carbocycles. The number of hydrogen-bond acceptors (Lipinski definition) is 5. The summed E-state index contributed by atoms with van der Waals surface area (Å²) >= 11 is 7.89. The van der Waals surface area contributed by atoms with Crippen molar-refractivity contribution >= 4 is 34.8 Å². The van der Waals surface area contributed by atoms with Gasteiger partial charge in [0, 0.05) is 63.8 Å². The van der Waals surface area contributed by atoms with Crippen LogP contribution < -0.4 is 0 Å². The van der Waals surface area contributed by atoms with Crippen LogP contribution in [0.25, 0.3) is 0 Å². The lowest BCUT2D eigenvalue weighted by molar-refractivity contribution is -0.140. The zero-order valence-corrected chi connectivity index (χ0v) is 21.9. The van der Waals surface area contributed by atoms with E-state index in [1.807, 2.05) is 17.0 Å². The lowest BCUT2D eigenvalue weighted by atomic mass is 9.94. The molecule has 1 unspecified atom stereocenters. The fourth-order valence-corrected chi connectivity index (χ4v) is 5.94. The Labute approximate surface area is 212 Å². The second-order valence-electron chi connectivity index (χ2n) is 9.69. The van der Waals surface area contributed by atoms with Gasteiger partial charge in [-0.2, -0.15) is 11.3 Å². The van der Waals surface area contributed by atoms with Gasteiger partial charge in [0.05, 0.1) is 12.6 Å². The second kappa shape index (κ2) is 11.2. The number of hydrogen-bond donors (Lipinski definition) is 0. The number of carbonyl (C=O) groups is 2. The lowest BCUT2D eigenvalue weighted by Gasteiger charge is -2.47. The molecule has 4 rings (SSSR count). The van der Waals surface area contributed by atoms with Crippen LogP contribution in [0.2, 0.25) is 5.02 Å². The summed E-state index contributed by atoms with van der Waals surface area (Å²) in [5.74, 6) is 0.672. The Kier molecular flexibility index (Phi) is 8.30. The molecule has 34 heavy (non-hydrogen) atoms. The Morgan fingerprint density at radius 2 is 1.71 bits per heavy atom. The summed E-state index contributed by atoms with van der Waals surface area (Å²) in [5.41, 5.74) is 2.52. The van der Waals surface area contributed by atoms with Crippen LogP contribution in [0.15, 0.2) is 41.1 Å². The third kappa shape index (κ3) is 5.82. The molecule has 3 heterocycles. The van der Waals surface area contributed by atoms with Gasteiger partial charge < -0.3 is 9.80 Å². The molecule has 2 aromatic rings. The van der Waals surface area contributed by atoms with Gasteiger partial charge in [0.15, 0.2) is 0 Å². The van der Waals surface area contributed by atoms with Gasteiger partial charge in [0.1, 0.15) is 0 Å². The monoisotopic (exact) mass is 502 g/mol. The Bertz CT molecular complexity index is 958. The number of thiophene rings is 1. The van der Waals surface area contributed by atoms with Gasteiger partial charge >= 0.3 is 0 Å². The smallest absolute Gasteiger partial charge is 0.237 e. The predicted molar refractivity (Wildman–Crippen MR) is 138 cm³/mol. The number of piperazine rings is 2. The summed E-state index contributed by atoms with van der Waals surface area (Å²) in [7, 11) is 0. The molecule has 0 radical (unpaired) electrons. The van der Waals surface area contributed by atoms with Crippen LogP contribution in [0.4, 0.5) is 0 Å². The van der Waals surface area contributed by atoms with Gasteiger partial charge in [0.25, 0.3) is 0 Å². The maximum Gasteiger partial charge on any atom is 0.237 e. The second-order valence-corrected chi connectivity index (χ2v) is 10.9. The molecule has 2 aliphatic heterocycles. The Hall–Kier alpha value is -1.93. The number of carbonyl (C=O) groups excluding carboxylic acids is 2. The molecule has 184 valence electrons. The van der Waals surface area contributed by atoms with Crippen LogP contribution in [0.5, 0.6) is 0 Å². The van der Waals surface area contributed by atoms with Crippen molar-refractivity contribution in [3.05, 3.63) is 57.2 Å². The lowest BCUT2D eigenvalue weighted by Crippen LogP contribution is -2.60. The SMILES string of the molecule is CC(=O)N1CCN(CC(=O)N2CCN(C(c3ccc(Cl)cc3)c3ccsc3)C[C@@H]2C(C)C)CC1. The van der Waals surface area contributed by atoms with Gasteiger partial charge in [0.2, 0.25) is 11.8 Å². The van der Waals surface area contributed by atoms with Crippen molar-refractivity contribution < 1.29 is 9.59 Å². The van der Waals surface area contributed by atoms with Crippen molar-refractivity contribution in [1.29, 1.82) is 0 Å². The average Bonchev–Trinajstić information content (AvgIpc) is 3.35. The molecule has 2 amide bonds. The van der Waals surface area contributed by atoms with Crippen LogP contribution in [-0.4, -0.2) is 89.8 Å². The van der Waals surface area contributed by atoms with E-state index in [0.29, 0.717) is 25.6 Å². The van der Waals surface area contributed by atoms with Crippen molar-refractivity contribution in [2.75, 3.05) is 52.4 Å². The van der Waals surface area contributed by atoms with Crippen molar-refractivity contribution in [3.8, 4) is 0 Å². The Morgan fingerprint density at radius 1 is 1.00 bits per heavy atom. The van der Waals surface area contributed by atoms with Gasteiger partial charge in [-0.1, -0.05) is 37.6 Å². The number of benzene rings is 1. The standard InChI is InChI=1S/C26H35ClN4O2S/c1-19(2)24-16-30(26(22-8-15-34-18-22)21-4-6-23(27)7-5-21)13-14-31(24)25(33)17-28-9-11-29(12-10-28)20(3)32/h4-8,15,18-19,24,26H,9-14,16-17H2,1-3H3/t24-,26?/m1/s1. The van der Waals surface area contributed by atoms with E-state index in [-0.39, 0.29) is 23.9 Å². The van der Waals surface area contributed by atoms with Crippen LogP contribution >= 0.6 is 22.9 Å². The first-order chi connectivity index (χ1) is 16.3. The molecule has 1 aromatic heterocycles. The van der Waals surface area contributed by atoms with Crippen LogP contribution in [0.3, 0.4) is 0 Å². The van der Waals surface area contributed by atoms with E-state index in [4.69, 9.17) is 11.6 Å². The first kappa shape index (κ1) is 25.2. The van der Waals surface area contributed by atoms with Crippen molar-refractivity contribution in [2.24, 2.45) is 5.92 Å². The van der Waals surface area contributed by atoms with E-state index in [1.54, 1.807) is 18.3 Å². The Morgan fingerprint density at radius 3 is 2.29 bits per heavy atom. The molecule has 0 N–H and O–H groups in total. The fourth-order valence-electron chi connectivity index (χ4n) is 5.14. The highest BCUT2D eigenvalue weighted by molar-refractivity contribution is 7.08. The quantitative estimate of drug-likeness (QED) is 0.602. The third-order valence-electron chi connectivity index (χ3n) is 7.13. The average molecular weight is 503 g/mol. The number of amides is 2. The molecule has 0 aliphatic carbocycles. The van der Waals surface area contributed by atoms with E-state index in [1.165, 1.54) is 11.1 Å². The highest BCUT2D eigenvalue weighted by Gasteiger charge is 2.36. The summed E-state index contributed by atoms with van der Waals surface area (Å²) in [4.78, 5) is 33.7. The number of rotatable bonds is 6. The molecule has 0 spiro atoms. The molecule has 2 saturated heterocycles. The summed E-state index contributed by atoms with van der Waals surface area (Å²) in [5, 5.41) is 5.10. The minimum Gasteiger partial charge on any atom is -0.340 e. The molecule has 2 aliphatic rings. The summed E-state index contributed by atoms with van der Waals surface area (Å²) in [6, 6.07) is 10.7. The largest absolute Gasteiger partial charge is 0.340 e. The highest BCUT2D eigenvalue weighted by atomic mass is 35.5. The predicted octanol–water partition coefficient (Wildman–Crippen LogP) is 3.82. The van der Waals surface area contributed by atoms with E-state index >= 15 is 0 Å². The zero-order valence-electron chi connectivity index (χ0n) is 20.3. The maximum atomic E-state index is 13.4. The minimum atomic E-state index is 0.114. The summed E-state index contributed by atoms with van der Waals surface area (Å²) in [6.07, 6.45) is 0. The molecule has 0 bridgehead atoms. The maximum absolute atomic E-state index is 13.4. The summed E-state index contributed by atoms with van der Waals surface area (Å²) < 4.78 is 0. The molecule has 8 heteroatoms. The number of nitrogens with zero attached hydrogens (tertiary/aromatic N) is 4. The van der Waals surface area contributed by atoms with Crippen molar-refractivity contribution in [1.82, 2.24) is 19.6 Å². The topological polar surface area (TPSA) is 47.1 Å². The van der Waals surface area contributed by atoms with Gasteiger partial charge in [-0.3, -0.25) is 19.4 Å².